The number of alkyl halides is 3. The second-order valence-electron chi connectivity index (χ2n) is 4.38. The van der Waals surface area contributed by atoms with E-state index in [0.29, 0.717) is 36.0 Å². The summed E-state index contributed by atoms with van der Waals surface area (Å²) in [5, 5.41) is 3.53. The molecule has 1 N–H and O–H groups in total. The van der Waals surface area contributed by atoms with Gasteiger partial charge in [-0.05, 0) is 12.1 Å². The van der Waals surface area contributed by atoms with Crippen LogP contribution in [0.1, 0.15) is 5.56 Å². The fourth-order valence-corrected chi connectivity index (χ4v) is 2.06. The SMILES string of the molecule is COCCNCc1c(Cl)cccc1N(C)CC(F)(F)F. The van der Waals surface area contributed by atoms with Crippen molar-refractivity contribution in [2.24, 2.45) is 0 Å². The van der Waals surface area contributed by atoms with Gasteiger partial charge in [-0.2, -0.15) is 13.2 Å². The van der Waals surface area contributed by atoms with Crippen LogP contribution in [0.3, 0.4) is 0 Å². The van der Waals surface area contributed by atoms with Crippen LogP contribution < -0.4 is 10.2 Å². The minimum Gasteiger partial charge on any atom is -0.383 e. The molecule has 0 amide bonds. The molecule has 0 heterocycles. The third-order valence-corrected chi connectivity index (χ3v) is 3.06. The maximum atomic E-state index is 12.5. The van der Waals surface area contributed by atoms with Crippen LogP contribution >= 0.6 is 11.6 Å². The van der Waals surface area contributed by atoms with E-state index in [2.05, 4.69) is 5.32 Å². The molecule has 0 aliphatic rings. The first-order valence-corrected chi connectivity index (χ1v) is 6.48. The van der Waals surface area contributed by atoms with E-state index in [-0.39, 0.29) is 0 Å². The van der Waals surface area contributed by atoms with Gasteiger partial charge in [-0.3, -0.25) is 0 Å². The van der Waals surface area contributed by atoms with Gasteiger partial charge in [0, 0.05) is 43.5 Å². The lowest BCUT2D eigenvalue weighted by molar-refractivity contribution is -0.119. The van der Waals surface area contributed by atoms with Crippen molar-refractivity contribution in [3.8, 4) is 0 Å². The maximum Gasteiger partial charge on any atom is 0.405 e. The number of ether oxygens (including phenoxy) is 1. The molecule has 0 fully saturated rings. The molecule has 0 aliphatic carbocycles. The number of nitrogens with one attached hydrogen (secondary N) is 1. The van der Waals surface area contributed by atoms with Gasteiger partial charge in [-0.15, -0.1) is 0 Å². The van der Waals surface area contributed by atoms with Gasteiger partial charge < -0.3 is 15.0 Å². The molecule has 114 valence electrons. The van der Waals surface area contributed by atoms with E-state index >= 15 is 0 Å². The average molecular weight is 311 g/mol. The van der Waals surface area contributed by atoms with Gasteiger partial charge in [0.25, 0.3) is 0 Å². The normalized spacial score (nSPS) is 11.7. The van der Waals surface area contributed by atoms with Crippen molar-refractivity contribution in [1.82, 2.24) is 5.32 Å². The van der Waals surface area contributed by atoms with E-state index < -0.39 is 12.7 Å². The van der Waals surface area contributed by atoms with Crippen LogP contribution in [0.5, 0.6) is 0 Å². The molecule has 0 saturated heterocycles. The molecule has 0 atom stereocenters. The molecule has 0 saturated carbocycles. The zero-order valence-corrected chi connectivity index (χ0v) is 12.2. The van der Waals surface area contributed by atoms with E-state index in [9.17, 15) is 13.2 Å². The summed E-state index contributed by atoms with van der Waals surface area (Å²) in [7, 11) is 2.98. The van der Waals surface area contributed by atoms with E-state index in [1.165, 1.54) is 7.05 Å². The molecule has 0 spiro atoms. The molecule has 1 aromatic carbocycles. The van der Waals surface area contributed by atoms with Crippen molar-refractivity contribution in [3.63, 3.8) is 0 Å². The van der Waals surface area contributed by atoms with Crippen LogP contribution in [0.25, 0.3) is 0 Å². The van der Waals surface area contributed by atoms with Crippen LogP contribution in [-0.2, 0) is 11.3 Å². The quantitative estimate of drug-likeness (QED) is 0.783. The van der Waals surface area contributed by atoms with Crippen molar-refractivity contribution in [2.75, 3.05) is 38.8 Å². The predicted octanol–water partition coefficient (Wildman–Crippen LogP) is 3.07. The number of benzene rings is 1. The minimum atomic E-state index is -4.25. The smallest absolute Gasteiger partial charge is 0.383 e. The van der Waals surface area contributed by atoms with Crippen LogP contribution in [0, 0.1) is 0 Å². The Morgan fingerprint density at radius 1 is 1.35 bits per heavy atom. The van der Waals surface area contributed by atoms with Crippen molar-refractivity contribution in [1.29, 1.82) is 0 Å². The molecule has 3 nitrogen and oxygen atoms in total. The lowest BCUT2D eigenvalue weighted by Crippen LogP contribution is -2.32. The van der Waals surface area contributed by atoms with E-state index in [4.69, 9.17) is 16.3 Å². The highest BCUT2D eigenvalue weighted by molar-refractivity contribution is 6.31. The van der Waals surface area contributed by atoms with Crippen molar-refractivity contribution in [3.05, 3.63) is 28.8 Å². The molecular formula is C13H18ClF3N2O. The van der Waals surface area contributed by atoms with Crippen molar-refractivity contribution >= 4 is 17.3 Å². The van der Waals surface area contributed by atoms with Gasteiger partial charge in [0.05, 0.1) is 6.61 Å². The lowest BCUT2D eigenvalue weighted by Gasteiger charge is -2.24. The molecule has 0 unspecified atom stereocenters. The van der Waals surface area contributed by atoms with Gasteiger partial charge in [0.1, 0.15) is 6.54 Å². The predicted molar refractivity (Wildman–Crippen MR) is 74.4 cm³/mol. The number of hydrogen-bond donors (Lipinski definition) is 1. The molecular weight excluding hydrogens is 293 g/mol. The molecule has 7 heteroatoms. The van der Waals surface area contributed by atoms with E-state index in [0.717, 1.165) is 4.90 Å². The number of hydrogen-bond acceptors (Lipinski definition) is 3. The number of halogens is 4. The maximum absolute atomic E-state index is 12.5. The van der Waals surface area contributed by atoms with Crippen molar-refractivity contribution < 1.29 is 17.9 Å². The molecule has 0 aliphatic heterocycles. The van der Waals surface area contributed by atoms with Crippen LogP contribution in [0.4, 0.5) is 18.9 Å². The topological polar surface area (TPSA) is 24.5 Å². The zero-order valence-electron chi connectivity index (χ0n) is 11.4. The first kappa shape index (κ1) is 17.1. The Hall–Kier alpha value is -0.980. The second kappa shape index (κ2) is 7.71. The van der Waals surface area contributed by atoms with E-state index in [1.54, 1.807) is 25.3 Å². The highest BCUT2D eigenvalue weighted by Crippen LogP contribution is 2.29. The number of anilines is 1. The Labute approximate surface area is 121 Å². The van der Waals surface area contributed by atoms with Crippen LogP contribution in [-0.4, -0.2) is 40.0 Å². The van der Waals surface area contributed by atoms with Crippen molar-refractivity contribution in [2.45, 2.75) is 12.7 Å². The fraction of sp³-hybridized carbons (Fsp3) is 0.538. The lowest BCUT2D eigenvalue weighted by atomic mass is 10.1. The minimum absolute atomic E-state index is 0.389. The largest absolute Gasteiger partial charge is 0.405 e. The molecule has 1 aromatic rings. The summed E-state index contributed by atoms with van der Waals surface area (Å²) < 4.78 is 42.3. The summed E-state index contributed by atoms with van der Waals surface area (Å²) in [5.41, 5.74) is 1.12. The Morgan fingerprint density at radius 3 is 2.65 bits per heavy atom. The summed E-state index contributed by atoms with van der Waals surface area (Å²) in [5.74, 6) is 0. The Kier molecular flexibility index (Phi) is 6.58. The molecule has 1 rings (SSSR count). The highest BCUT2D eigenvalue weighted by atomic mass is 35.5. The number of nitrogens with zero attached hydrogens (tertiary/aromatic N) is 1. The first-order valence-electron chi connectivity index (χ1n) is 6.10. The number of rotatable bonds is 7. The molecule has 0 radical (unpaired) electrons. The third kappa shape index (κ3) is 5.56. The second-order valence-corrected chi connectivity index (χ2v) is 4.79. The van der Waals surface area contributed by atoms with Gasteiger partial charge in [0.15, 0.2) is 0 Å². The zero-order chi connectivity index (χ0) is 15.2. The molecule has 0 aromatic heterocycles. The number of methoxy groups -OCH3 is 1. The summed E-state index contributed by atoms with van der Waals surface area (Å²) >= 11 is 6.08. The Balaban J connectivity index is 2.81. The fourth-order valence-electron chi connectivity index (χ4n) is 1.82. The summed E-state index contributed by atoms with van der Waals surface area (Å²) in [6, 6.07) is 4.94. The summed E-state index contributed by atoms with van der Waals surface area (Å²) in [4.78, 5) is 1.15. The van der Waals surface area contributed by atoms with Gasteiger partial charge in [0.2, 0.25) is 0 Å². The third-order valence-electron chi connectivity index (χ3n) is 2.71. The monoisotopic (exact) mass is 310 g/mol. The Morgan fingerprint density at radius 2 is 2.05 bits per heavy atom. The van der Waals surface area contributed by atoms with Crippen LogP contribution in [0.2, 0.25) is 5.02 Å². The first-order chi connectivity index (χ1) is 9.35. The average Bonchev–Trinajstić information content (AvgIpc) is 2.34. The Bertz CT molecular complexity index is 427. The van der Waals surface area contributed by atoms with Gasteiger partial charge in [-0.1, -0.05) is 17.7 Å². The summed E-state index contributed by atoms with van der Waals surface area (Å²) in [6.07, 6.45) is -4.25. The highest BCUT2D eigenvalue weighted by Gasteiger charge is 2.30. The van der Waals surface area contributed by atoms with Gasteiger partial charge >= 0.3 is 6.18 Å². The standard InChI is InChI=1S/C13H18ClF3N2O/c1-19(9-13(15,16)17)12-5-3-4-11(14)10(12)8-18-6-7-20-2/h3-5,18H,6-9H2,1-2H3. The van der Waals surface area contributed by atoms with Gasteiger partial charge in [-0.25, -0.2) is 0 Å². The molecule has 20 heavy (non-hydrogen) atoms. The summed E-state index contributed by atoms with van der Waals surface area (Å²) in [6.45, 7) is 0.501. The van der Waals surface area contributed by atoms with Crippen LogP contribution in [0.15, 0.2) is 18.2 Å². The molecule has 0 bridgehead atoms. The van der Waals surface area contributed by atoms with E-state index in [1.807, 2.05) is 0 Å².